The maximum atomic E-state index is 14.2. The Morgan fingerprint density at radius 1 is 0.378 bits per heavy atom. The van der Waals surface area contributed by atoms with Crippen molar-refractivity contribution in [2.24, 2.45) is 0 Å². The lowest BCUT2D eigenvalue weighted by Gasteiger charge is -2.46. The Balaban J connectivity index is 0.000000589. The van der Waals surface area contributed by atoms with Crippen LogP contribution in [0, 0.1) is 0 Å². The molecule has 406 valence electrons. The monoisotopic (exact) mass is 1120 g/mol. The van der Waals surface area contributed by atoms with E-state index in [1.807, 2.05) is 45.0 Å². The van der Waals surface area contributed by atoms with E-state index in [2.05, 4.69) is 12.5 Å². The summed E-state index contributed by atoms with van der Waals surface area (Å²) in [5.74, 6) is 1.64. The van der Waals surface area contributed by atoms with Crippen LogP contribution in [-0.4, -0.2) is 35.8 Å². The second kappa shape index (κ2) is 20.4. The van der Waals surface area contributed by atoms with E-state index >= 15 is 0 Å². The van der Waals surface area contributed by atoms with Gasteiger partial charge in [-0.3, -0.25) is 4.79 Å². The highest BCUT2D eigenvalue weighted by Gasteiger charge is 2.47. The fourth-order valence-corrected chi connectivity index (χ4v) is 8.17. The summed E-state index contributed by atoms with van der Waals surface area (Å²) in [6.07, 6.45) is -50.6. The lowest BCUT2D eigenvalue weighted by molar-refractivity contribution is -0.144. The Hall–Kier alpha value is -5.70. The number of benzene rings is 5. The van der Waals surface area contributed by atoms with Crippen molar-refractivity contribution in [2.45, 2.75) is 75.8 Å². The summed E-state index contributed by atoms with van der Waals surface area (Å²) in [5, 5.41) is 0. The number of rotatable bonds is 8. The zero-order chi connectivity index (χ0) is 57.0. The van der Waals surface area contributed by atoms with Crippen molar-refractivity contribution in [2.75, 3.05) is 18.3 Å². The van der Waals surface area contributed by atoms with Crippen molar-refractivity contribution >= 4 is 44.7 Å². The quantitative estimate of drug-likeness (QED) is 0.0670. The zero-order valence-corrected chi connectivity index (χ0v) is 38.6. The van der Waals surface area contributed by atoms with E-state index in [1.165, 1.54) is 0 Å². The standard InChI is InChI=1S/C32H12BF24.C14H21O2S/c34-25(35,36)13-1-14(26(37,38)39)6-21(5-13)33(22-7-15(27(40,41)42)2-16(8-22)28(43,44)45,23-9-17(29(46,47)48)3-18(10-23)30(49,50)51)24-11-19(31(52,53)54)4-20(12-24)32(55,56)57;1-14(2,3)16-12-8-6-11(7-9-12)13(15)10-17(4)5/h1-12H;6-9H,10H2,1-5H3/q-1;+1. The molecule has 0 radical (unpaired) electrons. The summed E-state index contributed by atoms with van der Waals surface area (Å²) < 4.78 is 347. The van der Waals surface area contributed by atoms with Crippen molar-refractivity contribution in [3.63, 3.8) is 0 Å². The number of ether oxygens (including phenoxy) is 1. The molecule has 28 heteroatoms. The van der Waals surface area contributed by atoms with Gasteiger partial charge in [-0.15, -0.1) is 0 Å². The first kappa shape index (κ1) is 60.9. The highest BCUT2D eigenvalue weighted by Crippen LogP contribution is 2.41. The van der Waals surface area contributed by atoms with Crippen molar-refractivity contribution in [3.8, 4) is 5.75 Å². The van der Waals surface area contributed by atoms with E-state index in [9.17, 15) is 110 Å². The normalized spacial score (nSPS) is 13.7. The molecule has 0 spiro atoms. The maximum Gasteiger partial charge on any atom is 0.416 e. The molecule has 0 fully saturated rings. The number of ketones is 1. The minimum Gasteiger partial charge on any atom is -0.488 e. The van der Waals surface area contributed by atoms with E-state index in [0.29, 0.717) is 5.75 Å². The van der Waals surface area contributed by atoms with Crippen LogP contribution in [0.5, 0.6) is 5.75 Å². The van der Waals surface area contributed by atoms with Gasteiger partial charge in [0.05, 0.1) is 57.0 Å². The van der Waals surface area contributed by atoms with Crippen LogP contribution < -0.4 is 26.6 Å². The average molecular weight is 1120 g/mol. The van der Waals surface area contributed by atoms with Crippen molar-refractivity contribution < 1.29 is 115 Å². The van der Waals surface area contributed by atoms with Crippen LogP contribution in [0.25, 0.3) is 0 Å². The number of hydrogen-bond acceptors (Lipinski definition) is 2. The Bertz CT molecular complexity index is 2370. The van der Waals surface area contributed by atoms with Gasteiger partial charge in [0, 0.05) is 5.56 Å². The molecule has 2 nitrogen and oxygen atoms in total. The molecule has 0 atom stereocenters. The Morgan fingerprint density at radius 2 is 0.581 bits per heavy atom. The molecule has 0 unspecified atom stereocenters. The molecule has 0 bridgehead atoms. The lowest BCUT2D eigenvalue weighted by atomic mass is 9.12. The van der Waals surface area contributed by atoms with Crippen molar-refractivity contribution in [1.82, 2.24) is 0 Å². The van der Waals surface area contributed by atoms with Crippen LogP contribution in [0.2, 0.25) is 0 Å². The predicted molar refractivity (Wildman–Crippen MR) is 225 cm³/mol. The van der Waals surface area contributed by atoms with Gasteiger partial charge in [-0.05, 0) is 80.2 Å². The van der Waals surface area contributed by atoms with Gasteiger partial charge in [-0.1, -0.05) is 48.5 Å². The fourth-order valence-electron chi connectivity index (χ4n) is 7.48. The van der Waals surface area contributed by atoms with Gasteiger partial charge in [-0.25, -0.2) is 0 Å². The topological polar surface area (TPSA) is 26.3 Å². The molecule has 74 heavy (non-hydrogen) atoms. The molecule has 5 aromatic rings. The SMILES string of the molecule is C[S+](C)CC(=O)c1ccc(OC(C)(C)C)cc1.FC(F)(F)c1cc([B-](c2cc(C(F)(F)F)cc(C(F)(F)F)c2)(c2cc(C(F)(F)F)cc(C(F)(F)F)c2)c2cc(C(F)(F)F)cc(C(F)(F)F)c2)cc(C(F)(F)F)c1. The number of carbonyl (C=O) groups excluding carboxylic acids is 1. The lowest BCUT2D eigenvalue weighted by Crippen LogP contribution is -2.75. The van der Waals surface area contributed by atoms with E-state index in [1.54, 1.807) is 0 Å². The van der Waals surface area contributed by atoms with Crippen molar-refractivity contribution in [3.05, 3.63) is 147 Å². The number of carbonyl (C=O) groups is 1. The first-order chi connectivity index (χ1) is 33.0. The van der Waals surface area contributed by atoms with E-state index in [-0.39, 0.29) is 22.3 Å². The smallest absolute Gasteiger partial charge is 0.416 e. The summed E-state index contributed by atoms with van der Waals surface area (Å²) in [5.41, 5.74) is -29.6. The first-order valence-electron chi connectivity index (χ1n) is 20.3. The van der Waals surface area contributed by atoms with E-state index in [4.69, 9.17) is 4.74 Å². The third kappa shape index (κ3) is 15.0. The summed E-state index contributed by atoms with van der Waals surface area (Å²) in [7, 11) is 0.152. The van der Waals surface area contributed by atoms with E-state index < -0.39 is 195 Å². The van der Waals surface area contributed by atoms with Gasteiger partial charge >= 0.3 is 49.4 Å². The predicted octanol–water partition coefficient (Wildman–Crippen LogP) is 14.1. The molecular weight excluding hydrogens is 1080 g/mol. The largest absolute Gasteiger partial charge is 0.488 e. The van der Waals surface area contributed by atoms with Gasteiger partial charge in [0.15, 0.2) is 5.75 Å². The maximum absolute atomic E-state index is 14.2. The number of hydrogen-bond donors (Lipinski definition) is 0. The molecule has 0 saturated heterocycles. The van der Waals surface area contributed by atoms with Crippen LogP contribution in [0.3, 0.4) is 0 Å². The van der Waals surface area contributed by atoms with Gasteiger partial charge < -0.3 is 4.74 Å². The summed E-state index contributed by atoms with van der Waals surface area (Å²) in [6, 6.07) is -1.40. The third-order valence-corrected chi connectivity index (χ3v) is 11.3. The summed E-state index contributed by atoms with van der Waals surface area (Å²) >= 11 is 0. The molecule has 5 rings (SSSR count). The molecule has 0 saturated carbocycles. The minimum atomic E-state index is -6.13. The molecule has 0 amide bonds. The second-order valence-electron chi connectivity index (χ2n) is 17.5. The first-order valence-corrected chi connectivity index (χ1v) is 22.5. The highest BCUT2D eigenvalue weighted by atomic mass is 32.2. The van der Waals surface area contributed by atoms with Gasteiger partial charge in [-0.2, -0.15) is 127 Å². The van der Waals surface area contributed by atoms with Crippen LogP contribution in [0.1, 0.15) is 75.6 Å². The molecule has 0 aliphatic rings. The minimum absolute atomic E-state index is 0.152. The molecule has 0 aliphatic carbocycles. The molecule has 0 aliphatic heterocycles. The van der Waals surface area contributed by atoms with Crippen LogP contribution in [0.15, 0.2) is 97.1 Å². The van der Waals surface area contributed by atoms with Crippen molar-refractivity contribution in [1.29, 1.82) is 0 Å². The molecule has 0 aromatic heterocycles. The Kier molecular flexibility index (Phi) is 16.8. The van der Waals surface area contributed by atoms with E-state index in [0.717, 1.165) is 11.3 Å². The fraction of sp³-hybridized carbons (Fsp3) is 0.326. The number of halogens is 24. The molecule has 5 aromatic carbocycles. The zero-order valence-electron chi connectivity index (χ0n) is 37.8. The Labute approximate surface area is 406 Å². The van der Waals surface area contributed by atoms with Gasteiger partial charge in [0.1, 0.15) is 17.5 Å². The number of alkyl halides is 24. The van der Waals surface area contributed by atoms with Gasteiger partial charge in [0.25, 0.3) is 0 Å². The van der Waals surface area contributed by atoms with Gasteiger partial charge in [0.2, 0.25) is 5.78 Å². The molecule has 0 heterocycles. The van der Waals surface area contributed by atoms with Crippen LogP contribution >= 0.6 is 0 Å². The Morgan fingerprint density at radius 3 is 0.743 bits per heavy atom. The molecule has 0 N–H and O–H groups in total. The highest BCUT2D eigenvalue weighted by molar-refractivity contribution is 7.96. The summed E-state index contributed by atoms with van der Waals surface area (Å²) in [6.45, 7) is 6.02. The average Bonchev–Trinajstić information content (AvgIpc) is 3.21. The summed E-state index contributed by atoms with van der Waals surface area (Å²) in [4.78, 5) is 11.8. The number of Topliss-reactive ketones (excluding diaryl/α,β-unsaturated/α-hetero) is 1. The molecular formula is C46H33BF24O2S. The third-order valence-electron chi connectivity index (χ3n) is 10.5. The van der Waals surface area contributed by atoms with Crippen LogP contribution in [-0.2, 0) is 60.3 Å². The second-order valence-corrected chi connectivity index (χ2v) is 19.8. The van der Waals surface area contributed by atoms with Crippen LogP contribution in [0.4, 0.5) is 105 Å².